The summed E-state index contributed by atoms with van der Waals surface area (Å²) in [6, 6.07) is 4.22. The molecule has 0 aromatic carbocycles. The van der Waals surface area contributed by atoms with Crippen LogP contribution >= 0.6 is 11.3 Å². The monoisotopic (exact) mass is 363 g/mol. The van der Waals surface area contributed by atoms with E-state index in [1.807, 2.05) is 6.92 Å². The predicted molar refractivity (Wildman–Crippen MR) is 104 cm³/mol. The summed E-state index contributed by atoms with van der Waals surface area (Å²) in [5.41, 5.74) is 0.0955. The third kappa shape index (κ3) is 4.85. The second-order valence-electron chi connectivity index (χ2n) is 8.18. The van der Waals surface area contributed by atoms with E-state index in [4.69, 9.17) is 0 Å². The Balaban J connectivity index is 1.53. The number of carbonyl (C=O) groups is 1. The summed E-state index contributed by atoms with van der Waals surface area (Å²) in [5.74, 6) is 0.995. The Morgan fingerprint density at radius 2 is 1.96 bits per heavy atom. The smallest absolute Gasteiger partial charge is 0.220 e. The third-order valence-corrected chi connectivity index (χ3v) is 7.75. The molecule has 2 fully saturated rings. The largest absolute Gasteiger partial charge is 0.388 e. The Bertz CT molecular complexity index is 554. The number of carbonyl (C=O) groups excluding carboxylic acids is 1. The average molecular weight is 364 g/mol. The summed E-state index contributed by atoms with van der Waals surface area (Å²) in [4.78, 5) is 14.8. The van der Waals surface area contributed by atoms with Gasteiger partial charge in [0.05, 0.1) is 6.10 Å². The summed E-state index contributed by atoms with van der Waals surface area (Å²) in [6.07, 6.45) is 12.8. The van der Waals surface area contributed by atoms with Crippen LogP contribution in [0.3, 0.4) is 0 Å². The van der Waals surface area contributed by atoms with Gasteiger partial charge in [-0.2, -0.15) is 0 Å². The van der Waals surface area contributed by atoms with Crippen molar-refractivity contribution in [3.63, 3.8) is 0 Å². The number of hydrogen-bond acceptors (Lipinski definition) is 3. The lowest BCUT2D eigenvalue weighted by molar-refractivity contribution is -0.121. The molecule has 0 spiro atoms. The van der Waals surface area contributed by atoms with Gasteiger partial charge in [-0.15, -0.1) is 11.3 Å². The van der Waals surface area contributed by atoms with Gasteiger partial charge in [0.15, 0.2) is 0 Å². The van der Waals surface area contributed by atoms with Crippen molar-refractivity contribution in [1.82, 2.24) is 5.32 Å². The maximum atomic E-state index is 12.4. The molecule has 2 aliphatic carbocycles. The van der Waals surface area contributed by atoms with Crippen LogP contribution in [-0.4, -0.2) is 17.6 Å². The topological polar surface area (TPSA) is 49.3 Å². The van der Waals surface area contributed by atoms with E-state index in [1.54, 1.807) is 11.3 Å². The molecule has 3 nitrogen and oxygen atoms in total. The molecule has 0 bridgehead atoms. The van der Waals surface area contributed by atoms with Crippen molar-refractivity contribution in [3.05, 3.63) is 21.9 Å². The first kappa shape index (κ1) is 18.9. The first-order chi connectivity index (χ1) is 12.1. The summed E-state index contributed by atoms with van der Waals surface area (Å²) >= 11 is 1.72. The van der Waals surface area contributed by atoms with Crippen LogP contribution in [0, 0.1) is 5.92 Å². The van der Waals surface area contributed by atoms with E-state index in [2.05, 4.69) is 17.4 Å². The zero-order valence-corrected chi connectivity index (χ0v) is 16.4. The molecular formula is C21H33NO2S. The summed E-state index contributed by atoms with van der Waals surface area (Å²) in [6.45, 7) is 2.58. The van der Waals surface area contributed by atoms with E-state index >= 15 is 0 Å². The molecule has 0 radical (unpaired) electrons. The normalized spacial score (nSPS) is 22.0. The summed E-state index contributed by atoms with van der Waals surface area (Å²) < 4.78 is 0. The Kier molecular flexibility index (Phi) is 6.56. The second-order valence-corrected chi connectivity index (χ2v) is 9.30. The zero-order valence-electron chi connectivity index (χ0n) is 15.6. The number of thiophene rings is 1. The first-order valence-corrected chi connectivity index (χ1v) is 11.0. The van der Waals surface area contributed by atoms with Gasteiger partial charge in [-0.3, -0.25) is 4.79 Å². The number of amides is 1. The minimum atomic E-state index is -0.401. The van der Waals surface area contributed by atoms with Gasteiger partial charge in [0.1, 0.15) is 0 Å². The molecule has 1 heterocycles. The Hall–Kier alpha value is -0.870. The Morgan fingerprint density at radius 1 is 1.24 bits per heavy atom. The molecule has 1 aromatic heterocycles. The van der Waals surface area contributed by atoms with Gasteiger partial charge in [-0.05, 0) is 44.2 Å². The minimum Gasteiger partial charge on any atom is -0.388 e. The first-order valence-electron chi connectivity index (χ1n) is 10.1. The fourth-order valence-corrected chi connectivity index (χ4v) is 5.78. The standard InChI is InChI=1S/C21H33NO2S/c1-16(23)18-10-11-19(25-18)21(13-5-6-14-21)15-22-20(24)12-9-17-7-3-2-4-8-17/h10-11,16-17,23H,2-9,12-15H2,1H3,(H,22,24). The zero-order chi connectivity index (χ0) is 17.7. The quantitative estimate of drug-likeness (QED) is 0.709. The number of hydrogen-bond donors (Lipinski definition) is 2. The summed E-state index contributed by atoms with van der Waals surface area (Å²) in [5, 5.41) is 13.1. The highest BCUT2D eigenvalue weighted by atomic mass is 32.1. The van der Waals surface area contributed by atoms with Gasteiger partial charge in [-0.1, -0.05) is 44.9 Å². The van der Waals surface area contributed by atoms with E-state index in [9.17, 15) is 9.90 Å². The number of aliphatic hydroxyl groups excluding tert-OH is 1. The van der Waals surface area contributed by atoms with Gasteiger partial charge in [0.25, 0.3) is 0 Å². The molecular weight excluding hydrogens is 330 g/mol. The average Bonchev–Trinajstić information content (AvgIpc) is 3.29. The van der Waals surface area contributed by atoms with Crippen molar-refractivity contribution >= 4 is 17.2 Å². The Labute approximate surface area is 156 Å². The lowest BCUT2D eigenvalue weighted by atomic mass is 9.84. The van der Waals surface area contributed by atoms with Crippen molar-refractivity contribution in [1.29, 1.82) is 0 Å². The van der Waals surface area contributed by atoms with Crippen molar-refractivity contribution < 1.29 is 9.90 Å². The van der Waals surface area contributed by atoms with Crippen LogP contribution in [0.1, 0.15) is 93.4 Å². The maximum absolute atomic E-state index is 12.4. The molecule has 25 heavy (non-hydrogen) atoms. The van der Waals surface area contributed by atoms with E-state index < -0.39 is 6.10 Å². The highest BCUT2D eigenvalue weighted by Crippen LogP contribution is 2.44. The lowest BCUT2D eigenvalue weighted by Crippen LogP contribution is -2.38. The fourth-order valence-electron chi connectivity index (χ4n) is 4.59. The fraction of sp³-hybridized carbons (Fsp3) is 0.762. The van der Waals surface area contributed by atoms with Crippen LogP contribution in [0.4, 0.5) is 0 Å². The molecule has 140 valence electrons. The third-order valence-electron chi connectivity index (χ3n) is 6.25. The number of aliphatic hydroxyl groups is 1. The lowest BCUT2D eigenvalue weighted by Gasteiger charge is -2.28. The van der Waals surface area contributed by atoms with E-state index in [1.165, 1.54) is 49.8 Å². The van der Waals surface area contributed by atoms with Crippen molar-refractivity contribution in [2.24, 2.45) is 5.92 Å². The molecule has 2 saturated carbocycles. The SMILES string of the molecule is CC(O)c1ccc(C2(CNC(=O)CCC3CCCCC3)CCCC2)s1. The van der Waals surface area contributed by atoms with Gasteiger partial charge in [0, 0.05) is 28.1 Å². The molecule has 1 amide bonds. The summed E-state index contributed by atoms with van der Waals surface area (Å²) in [7, 11) is 0. The number of rotatable bonds is 7. The van der Waals surface area contributed by atoms with E-state index in [-0.39, 0.29) is 11.3 Å². The molecule has 1 unspecified atom stereocenters. The second kappa shape index (κ2) is 8.68. The van der Waals surface area contributed by atoms with Gasteiger partial charge in [-0.25, -0.2) is 0 Å². The van der Waals surface area contributed by atoms with Crippen LogP contribution in [-0.2, 0) is 10.2 Å². The molecule has 3 rings (SSSR count). The van der Waals surface area contributed by atoms with Gasteiger partial charge >= 0.3 is 0 Å². The van der Waals surface area contributed by atoms with Crippen LogP contribution in [0.2, 0.25) is 0 Å². The number of nitrogens with one attached hydrogen (secondary N) is 1. The highest BCUT2D eigenvalue weighted by molar-refractivity contribution is 7.12. The molecule has 0 saturated heterocycles. The predicted octanol–water partition coefficient (Wildman–Crippen LogP) is 5.09. The van der Waals surface area contributed by atoms with Crippen molar-refractivity contribution in [3.8, 4) is 0 Å². The van der Waals surface area contributed by atoms with E-state index in [0.29, 0.717) is 6.42 Å². The van der Waals surface area contributed by atoms with Crippen LogP contribution in [0.25, 0.3) is 0 Å². The van der Waals surface area contributed by atoms with E-state index in [0.717, 1.165) is 36.6 Å². The van der Waals surface area contributed by atoms with Crippen LogP contribution in [0.15, 0.2) is 12.1 Å². The highest BCUT2D eigenvalue weighted by Gasteiger charge is 2.37. The maximum Gasteiger partial charge on any atom is 0.220 e. The Morgan fingerprint density at radius 3 is 2.60 bits per heavy atom. The molecule has 0 aliphatic heterocycles. The molecule has 1 aromatic rings. The van der Waals surface area contributed by atoms with Gasteiger partial charge in [0.2, 0.25) is 5.91 Å². The van der Waals surface area contributed by atoms with Crippen molar-refractivity contribution in [2.75, 3.05) is 6.54 Å². The van der Waals surface area contributed by atoms with Crippen molar-refractivity contribution in [2.45, 2.75) is 89.1 Å². The molecule has 4 heteroatoms. The van der Waals surface area contributed by atoms with Gasteiger partial charge < -0.3 is 10.4 Å². The molecule has 2 aliphatic rings. The molecule has 2 N–H and O–H groups in total. The van der Waals surface area contributed by atoms with Crippen LogP contribution < -0.4 is 5.32 Å². The minimum absolute atomic E-state index is 0.0955. The van der Waals surface area contributed by atoms with Crippen LogP contribution in [0.5, 0.6) is 0 Å². The molecule has 1 atom stereocenters.